The van der Waals surface area contributed by atoms with E-state index >= 15 is 0 Å². The largest absolute Gasteiger partial charge is 0.459 e. The molecule has 1 atom stereocenters. The molecule has 2 aromatic heterocycles. The zero-order valence-electron chi connectivity index (χ0n) is 11.6. The van der Waals surface area contributed by atoms with E-state index < -0.39 is 0 Å². The molecule has 104 valence electrons. The van der Waals surface area contributed by atoms with Gasteiger partial charge in [-0.3, -0.25) is 10.5 Å². The summed E-state index contributed by atoms with van der Waals surface area (Å²) in [7, 11) is 1.90. The van der Waals surface area contributed by atoms with Crippen LogP contribution in [0.5, 0.6) is 0 Å². The fraction of sp³-hybridized carbons (Fsp3) is 0.267. The number of benzene rings is 1. The molecule has 0 fully saturated rings. The average molecular weight is 270 g/mol. The Morgan fingerprint density at radius 3 is 2.95 bits per heavy atom. The van der Waals surface area contributed by atoms with Crippen molar-refractivity contribution in [2.75, 3.05) is 0 Å². The number of nitrogens with two attached hydrogens (primary N) is 1. The van der Waals surface area contributed by atoms with Crippen molar-refractivity contribution in [1.29, 1.82) is 0 Å². The number of hydrogen-bond donors (Lipinski definition) is 2. The molecule has 0 aliphatic rings. The van der Waals surface area contributed by atoms with Gasteiger partial charge in [-0.2, -0.15) is 5.10 Å². The number of hydrogen-bond acceptors (Lipinski definition) is 4. The molecule has 0 aliphatic carbocycles. The van der Waals surface area contributed by atoms with Crippen LogP contribution in [-0.4, -0.2) is 9.78 Å². The van der Waals surface area contributed by atoms with Crippen molar-refractivity contribution < 1.29 is 4.42 Å². The predicted octanol–water partition coefficient (Wildman–Crippen LogP) is 2.22. The van der Waals surface area contributed by atoms with Gasteiger partial charge in [-0.1, -0.05) is 11.6 Å². The van der Waals surface area contributed by atoms with Gasteiger partial charge in [0, 0.05) is 18.6 Å². The van der Waals surface area contributed by atoms with Gasteiger partial charge >= 0.3 is 0 Å². The van der Waals surface area contributed by atoms with Crippen molar-refractivity contribution in [2.24, 2.45) is 12.9 Å². The number of aryl methyl sites for hydroxylation is 2. The maximum absolute atomic E-state index is 5.89. The van der Waals surface area contributed by atoms with Gasteiger partial charge in [-0.25, -0.2) is 5.43 Å². The maximum atomic E-state index is 5.89. The van der Waals surface area contributed by atoms with E-state index in [4.69, 9.17) is 10.3 Å². The van der Waals surface area contributed by atoms with Crippen molar-refractivity contribution in [3.8, 4) is 0 Å². The molecule has 0 amide bonds. The second-order valence-electron chi connectivity index (χ2n) is 5.14. The molecule has 0 spiro atoms. The summed E-state index contributed by atoms with van der Waals surface area (Å²) in [6, 6.07) is 8.13. The van der Waals surface area contributed by atoms with E-state index in [9.17, 15) is 0 Å². The van der Waals surface area contributed by atoms with Crippen molar-refractivity contribution >= 4 is 11.0 Å². The molecule has 0 bridgehead atoms. The lowest BCUT2D eigenvalue weighted by atomic mass is 10.1. The Morgan fingerprint density at radius 1 is 1.40 bits per heavy atom. The van der Waals surface area contributed by atoms with Crippen LogP contribution in [0, 0.1) is 6.92 Å². The Labute approximate surface area is 117 Å². The van der Waals surface area contributed by atoms with E-state index in [0.717, 1.165) is 28.7 Å². The smallest absolute Gasteiger partial charge is 0.134 e. The van der Waals surface area contributed by atoms with E-state index in [-0.39, 0.29) is 6.04 Å². The second-order valence-corrected chi connectivity index (χ2v) is 5.14. The third kappa shape index (κ3) is 2.45. The molecule has 5 nitrogen and oxygen atoms in total. The molecule has 20 heavy (non-hydrogen) atoms. The van der Waals surface area contributed by atoms with Crippen LogP contribution in [0.2, 0.25) is 0 Å². The molecule has 2 heterocycles. The summed E-state index contributed by atoms with van der Waals surface area (Å²) in [5.41, 5.74) is 6.04. The predicted molar refractivity (Wildman–Crippen MR) is 77.9 cm³/mol. The Bertz CT molecular complexity index is 728. The van der Waals surface area contributed by atoms with Crippen molar-refractivity contribution in [2.45, 2.75) is 19.4 Å². The Morgan fingerprint density at radius 2 is 2.25 bits per heavy atom. The van der Waals surface area contributed by atoms with E-state index in [0.29, 0.717) is 0 Å². The summed E-state index contributed by atoms with van der Waals surface area (Å²) >= 11 is 0. The molecular weight excluding hydrogens is 252 g/mol. The molecule has 5 heteroatoms. The lowest BCUT2D eigenvalue weighted by Gasteiger charge is -2.11. The molecule has 1 aromatic carbocycles. The van der Waals surface area contributed by atoms with E-state index in [1.54, 1.807) is 4.68 Å². The first kappa shape index (κ1) is 12.9. The first-order valence-electron chi connectivity index (χ1n) is 6.59. The van der Waals surface area contributed by atoms with Gasteiger partial charge < -0.3 is 4.42 Å². The first-order chi connectivity index (χ1) is 9.65. The van der Waals surface area contributed by atoms with Crippen molar-refractivity contribution in [3.05, 3.63) is 53.5 Å². The summed E-state index contributed by atoms with van der Waals surface area (Å²) in [6.07, 6.45) is 4.57. The Kier molecular flexibility index (Phi) is 3.30. The average Bonchev–Trinajstić information content (AvgIpc) is 3.01. The van der Waals surface area contributed by atoms with Crippen molar-refractivity contribution in [1.82, 2.24) is 15.2 Å². The summed E-state index contributed by atoms with van der Waals surface area (Å²) in [5.74, 6) is 6.52. The van der Waals surface area contributed by atoms with Crippen LogP contribution in [-0.2, 0) is 13.5 Å². The number of hydrazine groups is 1. The third-order valence-corrected chi connectivity index (χ3v) is 3.43. The molecule has 3 N–H and O–H groups in total. The fourth-order valence-corrected chi connectivity index (χ4v) is 2.41. The number of nitrogens with one attached hydrogen (secondary N) is 1. The van der Waals surface area contributed by atoms with Gasteiger partial charge in [-0.15, -0.1) is 0 Å². The third-order valence-electron chi connectivity index (χ3n) is 3.43. The first-order valence-corrected chi connectivity index (χ1v) is 6.59. The highest BCUT2D eigenvalue weighted by atomic mass is 16.3. The van der Waals surface area contributed by atoms with Crippen LogP contribution < -0.4 is 11.3 Å². The van der Waals surface area contributed by atoms with E-state index in [2.05, 4.69) is 23.5 Å². The summed E-state index contributed by atoms with van der Waals surface area (Å²) in [6.45, 7) is 2.07. The molecule has 3 rings (SSSR count). The van der Waals surface area contributed by atoms with Crippen LogP contribution in [0.25, 0.3) is 11.0 Å². The summed E-state index contributed by atoms with van der Waals surface area (Å²) < 4.78 is 7.67. The minimum Gasteiger partial charge on any atom is -0.459 e. The normalized spacial score (nSPS) is 12.9. The molecule has 1 unspecified atom stereocenters. The van der Waals surface area contributed by atoms with Crippen LogP contribution in [0.4, 0.5) is 0 Å². The molecule has 0 saturated heterocycles. The molecule has 0 aliphatic heterocycles. The minimum atomic E-state index is -0.0630. The summed E-state index contributed by atoms with van der Waals surface area (Å²) in [4.78, 5) is 0. The van der Waals surface area contributed by atoms with Gasteiger partial charge in [0.15, 0.2) is 0 Å². The number of rotatable bonds is 4. The minimum absolute atomic E-state index is 0.0630. The van der Waals surface area contributed by atoms with Gasteiger partial charge in [0.05, 0.1) is 12.2 Å². The monoisotopic (exact) mass is 270 g/mol. The molecule has 0 saturated carbocycles. The second kappa shape index (κ2) is 5.11. The van der Waals surface area contributed by atoms with E-state index in [1.807, 2.05) is 37.6 Å². The molecular formula is C15H18N4O. The topological polar surface area (TPSA) is 69.0 Å². The SMILES string of the molecule is Cc1ccc2oc(C(Cc3cnn(C)c3)NN)cc2c1. The van der Waals surface area contributed by atoms with Crippen LogP contribution >= 0.6 is 0 Å². The summed E-state index contributed by atoms with van der Waals surface area (Å²) in [5, 5.41) is 5.27. The number of aromatic nitrogens is 2. The highest BCUT2D eigenvalue weighted by Gasteiger charge is 2.16. The number of fused-ring (bicyclic) bond motifs is 1. The zero-order valence-corrected chi connectivity index (χ0v) is 11.6. The Balaban J connectivity index is 1.90. The fourth-order valence-electron chi connectivity index (χ4n) is 2.41. The number of furan rings is 1. The standard InChI is InChI=1S/C15H18N4O/c1-10-3-4-14-12(5-10)7-15(20-14)13(18-16)6-11-8-17-19(2)9-11/h3-5,7-9,13,18H,6,16H2,1-2H3. The van der Waals surface area contributed by atoms with Gasteiger partial charge in [-0.05, 0) is 37.1 Å². The van der Waals surface area contributed by atoms with Crippen LogP contribution in [0.3, 0.4) is 0 Å². The highest BCUT2D eigenvalue weighted by molar-refractivity contribution is 5.78. The lowest BCUT2D eigenvalue weighted by molar-refractivity contribution is 0.434. The number of nitrogens with zero attached hydrogens (tertiary/aromatic N) is 2. The van der Waals surface area contributed by atoms with Crippen LogP contribution in [0.15, 0.2) is 41.1 Å². The van der Waals surface area contributed by atoms with Gasteiger partial charge in [0.25, 0.3) is 0 Å². The van der Waals surface area contributed by atoms with Gasteiger partial charge in [0.1, 0.15) is 11.3 Å². The molecule has 3 aromatic rings. The van der Waals surface area contributed by atoms with Crippen molar-refractivity contribution in [3.63, 3.8) is 0 Å². The van der Waals surface area contributed by atoms with Gasteiger partial charge in [0.2, 0.25) is 0 Å². The molecule has 0 radical (unpaired) electrons. The van der Waals surface area contributed by atoms with E-state index in [1.165, 1.54) is 5.56 Å². The maximum Gasteiger partial charge on any atom is 0.134 e. The quantitative estimate of drug-likeness (QED) is 0.563. The Hall–Kier alpha value is -2.11. The highest BCUT2D eigenvalue weighted by Crippen LogP contribution is 2.26. The lowest BCUT2D eigenvalue weighted by Crippen LogP contribution is -2.29. The zero-order chi connectivity index (χ0) is 14.1. The van der Waals surface area contributed by atoms with Crippen LogP contribution in [0.1, 0.15) is 22.9 Å².